The van der Waals surface area contributed by atoms with Gasteiger partial charge < -0.3 is 10.4 Å². The molecule has 0 saturated heterocycles. The van der Waals surface area contributed by atoms with Crippen LogP contribution in [0.4, 0.5) is 0 Å². The molecule has 0 aromatic carbocycles. The van der Waals surface area contributed by atoms with Gasteiger partial charge in [0.1, 0.15) is 6.04 Å². The van der Waals surface area contributed by atoms with Gasteiger partial charge in [-0.1, -0.05) is 32.6 Å². The van der Waals surface area contributed by atoms with Crippen LogP contribution in [0.15, 0.2) is 0 Å². The Labute approximate surface area is 96.4 Å². The Morgan fingerprint density at radius 2 is 2.00 bits per heavy atom. The largest absolute Gasteiger partial charge is 0.480 e. The van der Waals surface area contributed by atoms with Crippen LogP contribution in [-0.2, 0) is 9.59 Å². The second-order valence-corrected chi connectivity index (χ2v) is 4.63. The molecule has 1 saturated carbocycles. The Kier molecular flexibility index (Phi) is 4.77. The predicted octanol–water partition coefficient (Wildman–Crippen LogP) is 1.79. The normalized spacial score (nSPS) is 27.1. The van der Waals surface area contributed by atoms with Crippen molar-refractivity contribution in [1.82, 2.24) is 5.32 Å². The highest BCUT2D eigenvalue weighted by molar-refractivity contribution is 5.82. The fourth-order valence-electron chi connectivity index (χ4n) is 2.75. The van der Waals surface area contributed by atoms with Gasteiger partial charge in [0.05, 0.1) is 0 Å². The molecule has 1 fully saturated rings. The van der Waals surface area contributed by atoms with Gasteiger partial charge in [0, 0.05) is 6.92 Å². The zero-order valence-corrected chi connectivity index (χ0v) is 10.0. The van der Waals surface area contributed by atoms with Crippen LogP contribution >= 0.6 is 0 Å². The number of carbonyl (C=O) groups excluding carboxylic acids is 1. The van der Waals surface area contributed by atoms with E-state index in [1.807, 2.05) is 0 Å². The van der Waals surface area contributed by atoms with Crippen molar-refractivity contribution >= 4 is 11.9 Å². The highest BCUT2D eigenvalue weighted by Gasteiger charge is 2.35. The third kappa shape index (κ3) is 3.22. The molecular formula is C12H21NO3. The molecule has 0 bridgehead atoms. The van der Waals surface area contributed by atoms with E-state index in [2.05, 4.69) is 12.2 Å². The van der Waals surface area contributed by atoms with E-state index in [9.17, 15) is 14.7 Å². The molecule has 0 radical (unpaired) electrons. The van der Waals surface area contributed by atoms with Gasteiger partial charge in [0.25, 0.3) is 0 Å². The average Bonchev–Trinajstić information content (AvgIpc) is 2.25. The molecule has 4 nitrogen and oxygen atoms in total. The van der Waals surface area contributed by atoms with Crippen molar-refractivity contribution in [1.29, 1.82) is 0 Å². The van der Waals surface area contributed by atoms with Gasteiger partial charge in [-0.15, -0.1) is 0 Å². The third-order valence-electron chi connectivity index (χ3n) is 3.55. The number of rotatable bonds is 4. The molecule has 1 aliphatic carbocycles. The van der Waals surface area contributed by atoms with Crippen molar-refractivity contribution in [3.8, 4) is 0 Å². The molecule has 2 N–H and O–H groups in total. The van der Waals surface area contributed by atoms with E-state index in [1.54, 1.807) is 0 Å². The summed E-state index contributed by atoms with van der Waals surface area (Å²) in [7, 11) is 0. The molecule has 16 heavy (non-hydrogen) atoms. The molecule has 0 heterocycles. The highest BCUT2D eigenvalue weighted by atomic mass is 16.4. The van der Waals surface area contributed by atoms with Crippen molar-refractivity contribution in [2.75, 3.05) is 0 Å². The average molecular weight is 227 g/mol. The van der Waals surface area contributed by atoms with Gasteiger partial charge in [-0.2, -0.15) is 0 Å². The van der Waals surface area contributed by atoms with Crippen LogP contribution in [0.5, 0.6) is 0 Å². The fourth-order valence-corrected chi connectivity index (χ4v) is 2.75. The van der Waals surface area contributed by atoms with Crippen LogP contribution in [-0.4, -0.2) is 23.0 Å². The van der Waals surface area contributed by atoms with E-state index in [-0.39, 0.29) is 11.8 Å². The van der Waals surface area contributed by atoms with Crippen LogP contribution < -0.4 is 5.32 Å². The predicted molar refractivity (Wildman–Crippen MR) is 61.0 cm³/mol. The van der Waals surface area contributed by atoms with E-state index in [1.165, 1.54) is 13.3 Å². The number of hydrogen-bond acceptors (Lipinski definition) is 2. The van der Waals surface area contributed by atoms with Gasteiger partial charge in [0.2, 0.25) is 5.91 Å². The minimum absolute atomic E-state index is 0.0974. The molecule has 1 rings (SSSR count). The number of carbonyl (C=O) groups is 2. The van der Waals surface area contributed by atoms with Crippen molar-refractivity contribution in [3.05, 3.63) is 0 Å². The number of carboxylic acids is 1. The SMILES string of the molecule is CCC1CCCCC1C(NC(C)=O)C(=O)O. The van der Waals surface area contributed by atoms with Crippen molar-refractivity contribution in [2.24, 2.45) is 11.8 Å². The molecule has 0 aromatic heterocycles. The van der Waals surface area contributed by atoms with E-state index in [0.717, 1.165) is 25.7 Å². The van der Waals surface area contributed by atoms with Crippen LogP contribution in [0.2, 0.25) is 0 Å². The molecular weight excluding hydrogens is 206 g/mol. The maximum absolute atomic E-state index is 11.2. The summed E-state index contributed by atoms with van der Waals surface area (Å²) in [5.41, 5.74) is 0. The molecule has 1 aliphatic rings. The van der Waals surface area contributed by atoms with Crippen molar-refractivity contribution < 1.29 is 14.7 Å². The second kappa shape index (κ2) is 5.87. The summed E-state index contributed by atoms with van der Waals surface area (Å²) in [6, 6.07) is -0.706. The quantitative estimate of drug-likeness (QED) is 0.769. The Hall–Kier alpha value is -1.06. The van der Waals surface area contributed by atoms with Crippen LogP contribution in [0, 0.1) is 11.8 Å². The van der Waals surface area contributed by atoms with Gasteiger partial charge in [-0.25, -0.2) is 4.79 Å². The monoisotopic (exact) mass is 227 g/mol. The summed E-state index contributed by atoms with van der Waals surface area (Å²) in [6.45, 7) is 3.47. The highest BCUT2D eigenvalue weighted by Crippen LogP contribution is 2.34. The lowest BCUT2D eigenvalue weighted by atomic mass is 9.74. The number of amides is 1. The number of nitrogens with one attached hydrogen (secondary N) is 1. The van der Waals surface area contributed by atoms with E-state index in [0.29, 0.717) is 5.92 Å². The first kappa shape index (κ1) is 13.0. The minimum atomic E-state index is -0.902. The maximum Gasteiger partial charge on any atom is 0.326 e. The molecule has 3 unspecified atom stereocenters. The molecule has 0 aliphatic heterocycles. The number of carboxylic acid groups (broad SMARTS) is 1. The van der Waals surface area contributed by atoms with Gasteiger partial charge in [-0.05, 0) is 18.3 Å². The molecule has 1 amide bonds. The minimum Gasteiger partial charge on any atom is -0.480 e. The third-order valence-corrected chi connectivity index (χ3v) is 3.55. The van der Waals surface area contributed by atoms with Crippen molar-refractivity contribution in [3.63, 3.8) is 0 Å². The summed E-state index contributed by atoms with van der Waals surface area (Å²) in [5, 5.41) is 11.7. The van der Waals surface area contributed by atoms with E-state index in [4.69, 9.17) is 0 Å². The van der Waals surface area contributed by atoms with Gasteiger partial charge >= 0.3 is 5.97 Å². The summed E-state index contributed by atoms with van der Waals surface area (Å²) in [6.07, 6.45) is 5.25. The molecule has 92 valence electrons. The first-order valence-electron chi connectivity index (χ1n) is 6.06. The zero-order chi connectivity index (χ0) is 12.1. The van der Waals surface area contributed by atoms with E-state index < -0.39 is 12.0 Å². The van der Waals surface area contributed by atoms with Crippen LogP contribution in [0.25, 0.3) is 0 Å². The topological polar surface area (TPSA) is 66.4 Å². The standard InChI is InChI=1S/C12H21NO3/c1-3-9-6-4-5-7-10(9)11(12(15)16)13-8(2)14/h9-11H,3-7H2,1-2H3,(H,13,14)(H,15,16). The Morgan fingerprint density at radius 3 is 2.50 bits per heavy atom. The van der Waals surface area contributed by atoms with Gasteiger partial charge in [-0.3, -0.25) is 4.79 Å². The summed E-state index contributed by atoms with van der Waals surface area (Å²) >= 11 is 0. The lowest BCUT2D eigenvalue weighted by Gasteiger charge is -2.34. The number of hydrogen-bond donors (Lipinski definition) is 2. The first-order chi connectivity index (χ1) is 7.56. The van der Waals surface area contributed by atoms with Gasteiger partial charge in [0.15, 0.2) is 0 Å². The molecule has 0 aromatic rings. The Morgan fingerprint density at radius 1 is 1.38 bits per heavy atom. The maximum atomic E-state index is 11.2. The summed E-state index contributed by atoms with van der Waals surface area (Å²) in [5.74, 6) is -0.629. The van der Waals surface area contributed by atoms with Crippen LogP contribution in [0.3, 0.4) is 0 Å². The summed E-state index contributed by atoms with van der Waals surface area (Å²) < 4.78 is 0. The van der Waals surface area contributed by atoms with Crippen molar-refractivity contribution in [2.45, 2.75) is 52.0 Å². The van der Waals surface area contributed by atoms with Crippen LogP contribution in [0.1, 0.15) is 46.0 Å². The molecule has 3 atom stereocenters. The lowest BCUT2D eigenvalue weighted by Crippen LogP contribution is -2.48. The molecule has 0 spiro atoms. The zero-order valence-electron chi connectivity index (χ0n) is 10.0. The smallest absolute Gasteiger partial charge is 0.326 e. The van der Waals surface area contributed by atoms with E-state index >= 15 is 0 Å². The Balaban J connectivity index is 2.74. The fraction of sp³-hybridized carbons (Fsp3) is 0.833. The first-order valence-corrected chi connectivity index (χ1v) is 6.06. The summed E-state index contributed by atoms with van der Waals surface area (Å²) in [4.78, 5) is 22.2. The Bertz CT molecular complexity index is 265. The number of aliphatic carboxylic acids is 1. The molecule has 4 heteroatoms. The second-order valence-electron chi connectivity index (χ2n) is 4.63. The lowest BCUT2D eigenvalue weighted by molar-refractivity contribution is -0.144.